The second-order valence-corrected chi connectivity index (χ2v) is 4.61. The minimum atomic E-state index is -0.132. The molecule has 0 aromatic rings. The summed E-state index contributed by atoms with van der Waals surface area (Å²) in [5.74, 6) is 1.58. The Morgan fingerprint density at radius 2 is 2.00 bits per heavy atom. The molecule has 2 atom stereocenters. The van der Waals surface area contributed by atoms with Crippen molar-refractivity contribution in [1.82, 2.24) is 5.32 Å². The summed E-state index contributed by atoms with van der Waals surface area (Å²) in [4.78, 5) is 0. The zero-order chi connectivity index (χ0) is 10.4. The number of aliphatic hydroxyl groups excluding tert-OH is 2. The highest BCUT2D eigenvalue weighted by Crippen LogP contribution is 2.27. The standard InChI is InChI=1S/C11H23NO2/c1-9-3-2-4-10(5-9)6-12-11(7-13)8-14/h9-14H,2-8H2,1H3. The van der Waals surface area contributed by atoms with Gasteiger partial charge in [0, 0.05) is 0 Å². The molecule has 3 heteroatoms. The first-order chi connectivity index (χ1) is 6.76. The van der Waals surface area contributed by atoms with Crippen LogP contribution in [0.4, 0.5) is 0 Å². The summed E-state index contributed by atoms with van der Waals surface area (Å²) in [6, 6.07) is -0.132. The summed E-state index contributed by atoms with van der Waals surface area (Å²) in [5, 5.41) is 21.0. The molecule has 2 unspecified atom stereocenters. The van der Waals surface area contributed by atoms with E-state index in [0.717, 1.165) is 18.4 Å². The maximum Gasteiger partial charge on any atom is 0.0607 e. The summed E-state index contributed by atoms with van der Waals surface area (Å²) in [6.07, 6.45) is 5.27. The number of hydrogen-bond donors (Lipinski definition) is 3. The Labute approximate surface area is 86.5 Å². The van der Waals surface area contributed by atoms with Gasteiger partial charge in [-0.25, -0.2) is 0 Å². The molecule has 0 saturated heterocycles. The third-order valence-corrected chi connectivity index (χ3v) is 3.18. The summed E-state index contributed by atoms with van der Waals surface area (Å²) >= 11 is 0. The lowest BCUT2D eigenvalue weighted by Gasteiger charge is -2.28. The molecule has 0 bridgehead atoms. The number of aliphatic hydroxyl groups is 2. The molecule has 3 nitrogen and oxygen atoms in total. The van der Waals surface area contributed by atoms with Gasteiger partial charge in [0.15, 0.2) is 0 Å². The van der Waals surface area contributed by atoms with Crippen LogP contribution in [0.1, 0.15) is 32.6 Å². The van der Waals surface area contributed by atoms with Crippen molar-refractivity contribution >= 4 is 0 Å². The van der Waals surface area contributed by atoms with E-state index >= 15 is 0 Å². The highest BCUT2D eigenvalue weighted by molar-refractivity contribution is 4.74. The van der Waals surface area contributed by atoms with E-state index in [9.17, 15) is 0 Å². The molecular weight excluding hydrogens is 178 g/mol. The molecule has 1 rings (SSSR count). The average Bonchev–Trinajstić information content (AvgIpc) is 2.19. The molecule has 0 aromatic carbocycles. The highest BCUT2D eigenvalue weighted by Gasteiger charge is 2.19. The Morgan fingerprint density at radius 1 is 1.29 bits per heavy atom. The summed E-state index contributed by atoms with van der Waals surface area (Å²) in [5.41, 5.74) is 0. The second kappa shape index (κ2) is 6.38. The van der Waals surface area contributed by atoms with Crippen LogP contribution >= 0.6 is 0 Å². The van der Waals surface area contributed by atoms with Crippen LogP contribution in [-0.2, 0) is 0 Å². The molecule has 0 radical (unpaired) electrons. The van der Waals surface area contributed by atoms with Gasteiger partial charge in [0.1, 0.15) is 0 Å². The van der Waals surface area contributed by atoms with Gasteiger partial charge in [0.05, 0.1) is 19.3 Å². The van der Waals surface area contributed by atoms with Crippen molar-refractivity contribution in [2.24, 2.45) is 11.8 Å². The van der Waals surface area contributed by atoms with E-state index in [-0.39, 0.29) is 19.3 Å². The van der Waals surface area contributed by atoms with Crippen molar-refractivity contribution in [2.75, 3.05) is 19.8 Å². The van der Waals surface area contributed by atoms with Crippen LogP contribution in [0.15, 0.2) is 0 Å². The van der Waals surface area contributed by atoms with Gasteiger partial charge in [0.25, 0.3) is 0 Å². The van der Waals surface area contributed by atoms with Crippen molar-refractivity contribution in [1.29, 1.82) is 0 Å². The minimum Gasteiger partial charge on any atom is -0.395 e. The third-order valence-electron chi connectivity index (χ3n) is 3.18. The first-order valence-corrected chi connectivity index (χ1v) is 5.71. The molecule has 1 saturated carbocycles. The Balaban J connectivity index is 2.16. The summed E-state index contributed by atoms with van der Waals surface area (Å²) in [6.45, 7) is 3.30. The molecular formula is C11H23NO2. The second-order valence-electron chi connectivity index (χ2n) is 4.61. The molecule has 0 spiro atoms. The van der Waals surface area contributed by atoms with Crippen molar-refractivity contribution in [3.63, 3.8) is 0 Å². The van der Waals surface area contributed by atoms with Crippen molar-refractivity contribution in [3.8, 4) is 0 Å². The molecule has 3 N–H and O–H groups in total. The molecule has 84 valence electrons. The number of nitrogens with one attached hydrogen (secondary N) is 1. The zero-order valence-corrected chi connectivity index (χ0v) is 9.08. The van der Waals surface area contributed by atoms with Crippen molar-refractivity contribution in [2.45, 2.75) is 38.6 Å². The first kappa shape index (κ1) is 12.0. The van der Waals surface area contributed by atoms with Crippen LogP contribution in [0.2, 0.25) is 0 Å². The Morgan fingerprint density at radius 3 is 2.57 bits per heavy atom. The van der Waals surface area contributed by atoms with Crippen LogP contribution in [0, 0.1) is 11.8 Å². The van der Waals surface area contributed by atoms with Gasteiger partial charge >= 0.3 is 0 Å². The first-order valence-electron chi connectivity index (χ1n) is 5.71. The fraction of sp³-hybridized carbons (Fsp3) is 1.00. The van der Waals surface area contributed by atoms with E-state index in [0.29, 0.717) is 0 Å². The smallest absolute Gasteiger partial charge is 0.0607 e. The molecule has 14 heavy (non-hydrogen) atoms. The summed E-state index contributed by atoms with van der Waals surface area (Å²) in [7, 11) is 0. The van der Waals surface area contributed by atoms with Crippen LogP contribution < -0.4 is 5.32 Å². The number of rotatable bonds is 5. The van der Waals surface area contributed by atoms with Gasteiger partial charge in [0.2, 0.25) is 0 Å². The van der Waals surface area contributed by atoms with Crippen LogP contribution in [-0.4, -0.2) is 36.0 Å². The predicted octanol–water partition coefficient (Wildman–Crippen LogP) is 0.755. The van der Waals surface area contributed by atoms with Gasteiger partial charge < -0.3 is 15.5 Å². The minimum absolute atomic E-state index is 0.0266. The molecule has 0 aliphatic heterocycles. The van der Waals surface area contributed by atoms with Crippen molar-refractivity contribution in [3.05, 3.63) is 0 Å². The third kappa shape index (κ3) is 3.95. The lowest BCUT2D eigenvalue weighted by atomic mass is 9.82. The van der Waals surface area contributed by atoms with Gasteiger partial charge in [-0.3, -0.25) is 0 Å². The van der Waals surface area contributed by atoms with E-state index in [4.69, 9.17) is 10.2 Å². The largest absolute Gasteiger partial charge is 0.395 e. The number of hydrogen-bond acceptors (Lipinski definition) is 3. The maximum absolute atomic E-state index is 8.88. The van der Waals surface area contributed by atoms with E-state index in [2.05, 4.69) is 12.2 Å². The molecule has 0 aromatic heterocycles. The molecule has 0 amide bonds. The Hall–Kier alpha value is -0.120. The molecule has 1 aliphatic carbocycles. The van der Waals surface area contributed by atoms with Gasteiger partial charge in [-0.2, -0.15) is 0 Å². The van der Waals surface area contributed by atoms with Gasteiger partial charge in [-0.15, -0.1) is 0 Å². The lowest BCUT2D eigenvalue weighted by Crippen LogP contribution is -2.39. The maximum atomic E-state index is 8.88. The van der Waals surface area contributed by atoms with E-state index in [1.165, 1.54) is 25.7 Å². The van der Waals surface area contributed by atoms with Gasteiger partial charge in [-0.05, 0) is 31.2 Å². The van der Waals surface area contributed by atoms with Crippen LogP contribution in [0.5, 0.6) is 0 Å². The van der Waals surface area contributed by atoms with Gasteiger partial charge in [-0.1, -0.05) is 19.8 Å². The van der Waals surface area contributed by atoms with Crippen LogP contribution in [0.3, 0.4) is 0 Å². The fourth-order valence-electron chi connectivity index (χ4n) is 2.27. The Kier molecular flexibility index (Phi) is 5.45. The monoisotopic (exact) mass is 201 g/mol. The normalized spacial score (nSPS) is 28.3. The van der Waals surface area contributed by atoms with E-state index < -0.39 is 0 Å². The fourth-order valence-corrected chi connectivity index (χ4v) is 2.27. The predicted molar refractivity (Wildman–Crippen MR) is 57.1 cm³/mol. The Bertz CT molecular complexity index is 148. The zero-order valence-electron chi connectivity index (χ0n) is 9.08. The topological polar surface area (TPSA) is 52.5 Å². The van der Waals surface area contributed by atoms with Crippen LogP contribution in [0.25, 0.3) is 0 Å². The SMILES string of the molecule is CC1CCCC(CNC(CO)CO)C1. The van der Waals surface area contributed by atoms with E-state index in [1.54, 1.807) is 0 Å². The summed E-state index contributed by atoms with van der Waals surface area (Å²) < 4.78 is 0. The molecule has 0 heterocycles. The quantitative estimate of drug-likeness (QED) is 0.615. The average molecular weight is 201 g/mol. The van der Waals surface area contributed by atoms with Crippen molar-refractivity contribution < 1.29 is 10.2 Å². The lowest BCUT2D eigenvalue weighted by molar-refractivity contribution is 0.161. The molecule has 1 aliphatic rings. The van der Waals surface area contributed by atoms with E-state index in [1.807, 2.05) is 0 Å². The molecule has 1 fully saturated rings. The highest BCUT2D eigenvalue weighted by atomic mass is 16.3.